The molecule has 1 fully saturated rings. The zero-order valence-corrected chi connectivity index (χ0v) is 14.5. The van der Waals surface area contributed by atoms with Gasteiger partial charge in [-0.15, -0.1) is 0 Å². The Kier molecular flexibility index (Phi) is 5.12. The van der Waals surface area contributed by atoms with Gasteiger partial charge in [0.05, 0.1) is 7.11 Å². The summed E-state index contributed by atoms with van der Waals surface area (Å²) in [7, 11) is 1.30. The number of ether oxygens (including phenoxy) is 1. The Hall–Kier alpha value is -2.69. The average molecular weight is 338 g/mol. The highest BCUT2D eigenvalue weighted by molar-refractivity contribution is 5.97. The number of benzene rings is 1. The minimum Gasteiger partial charge on any atom is -0.464 e. The molecule has 0 radical (unpaired) electrons. The molecule has 0 saturated carbocycles. The molecule has 130 valence electrons. The van der Waals surface area contributed by atoms with Gasteiger partial charge in [0.15, 0.2) is 0 Å². The van der Waals surface area contributed by atoms with Gasteiger partial charge in [-0.05, 0) is 36.0 Å². The van der Waals surface area contributed by atoms with E-state index < -0.39 is 5.97 Å². The Morgan fingerprint density at radius 2 is 1.96 bits per heavy atom. The molecule has 0 unspecified atom stereocenters. The number of hydrogen-bond acceptors (Lipinski definition) is 4. The van der Waals surface area contributed by atoms with Crippen LogP contribution in [0.15, 0.2) is 48.7 Å². The number of aromatic nitrogens is 1. The van der Waals surface area contributed by atoms with Crippen LogP contribution < -0.4 is 0 Å². The number of piperidine rings is 1. The van der Waals surface area contributed by atoms with Gasteiger partial charge in [-0.1, -0.05) is 37.3 Å². The van der Waals surface area contributed by atoms with E-state index in [1.807, 2.05) is 11.0 Å². The van der Waals surface area contributed by atoms with Crippen LogP contribution in [0.5, 0.6) is 0 Å². The maximum absolute atomic E-state index is 12.8. The molecule has 2 heterocycles. The summed E-state index contributed by atoms with van der Waals surface area (Å²) in [5.41, 5.74) is 1.96. The van der Waals surface area contributed by atoms with Crippen LogP contribution in [0.1, 0.15) is 45.7 Å². The van der Waals surface area contributed by atoms with E-state index in [2.05, 4.69) is 40.9 Å². The van der Waals surface area contributed by atoms with Gasteiger partial charge >= 0.3 is 5.97 Å². The van der Waals surface area contributed by atoms with Crippen molar-refractivity contribution in [2.24, 2.45) is 5.92 Å². The van der Waals surface area contributed by atoms with E-state index in [4.69, 9.17) is 0 Å². The molecule has 0 N–H and O–H groups in total. The van der Waals surface area contributed by atoms with Crippen LogP contribution in [0.2, 0.25) is 0 Å². The highest BCUT2D eigenvalue weighted by Gasteiger charge is 2.30. The molecule has 1 aromatic heterocycles. The molecular formula is C20H22N2O3. The maximum Gasteiger partial charge on any atom is 0.356 e. The molecule has 5 heteroatoms. The fourth-order valence-electron chi connectivity index (χ4n) is 3.49. The van der Waals surface area contributed by atoms with Crippen molar-refractivity contribution >= 4 is 11.9 Å². The van der Waals surface area contributed by atoms with E-state index in [0.717, 1.165) is 6.42 Å². The summed E-state index contributed by atoms with van der Waals surface area (Å²) in [5.74, 6) is 0.243. The van der Waals surface area contributed by atoms with Gasteiger partial charge in [-0.2, -0.15) is 0 Å². The molecule has 1 aliphatic rings. The van der Waals surface area contributed by atoms with Crippen LogP contribution >= 0.6 is 0 Å². The summed E-state index contributed by atoms with van der Waals surface area (Å²) >= 11 is 0. The SMILES string of the molecule is COC(=O)c1cc(C(=O)N2CC[C@@H](c3ccccc3)[C@@H](C)C2)ccn1. The lowest BCUT2D eigenvalue weighted by molar-refractivity contribution is 0.0594. The smallest absolute Gasteiger partial charge is 0.356 e. The molecule has 0 spiro atoms. The first-order valence-electron chi connectivity index (χ1n) is 8.48. The fourth-order valence-corrected chi connectivity index (χ4v) is 3.49. The number of carbonyl (C=O) groups is 2. The van der Waals surface area contributed by atoms with Crippen molar-refractivity contribution in [1.29, 1.82) is 0 Å². The Morgan fingerprint density at radius 3 is 2.64 bits per heavy atom. The first kappa shape index (κ1) is 17.1. The van der Waals surface area contributed by atoms with Crippen molar-refractivity contribution in [3.63, 3.8) is 0 Å². The highest BCUT2D eigenvalue weighted by Crippen LogP contribution is 2.33. The average Bonchev–Trinajstić information content (AvgIpc) is 2.67. The minimum absolute atomic E-state index is 0.0640. The monoisotopic (exact) mass is 338 g/mol. The van der Waals surface area contributed by atoms with Crippen molar-refractivity contribution in [2.45, 2.75) is 19.3 Å². The summed E-state index contributed by atoms with van der Waals surface area (Å²) in [6, 6.07) is 13.6. The third-order valence-electron chi connectivity index (χ3n) is 4.82. The number of methoxy groups -OCH3 is 1. The summed E-state index contributed by atoms with van der Waals surface area (Å²) in [6.07, 6.45) is 2.41. The molecule has 25 heavy (non-hydrogen) atoms. The molecule has 1 aromatic carbocycles. The second-order valence-corrected chi connectivity index (χ2v) is 6.46. The maximum atomic E-state index is 12.8. The molecule has 0 aliphatic carbocycles. The van der Waals surface area contributed by atoms with Crippen LogP contribution in [0, 0.1) is 5.92 Å². The first-order valence-corrected chi connectivity index (χ1v) is 8.48. The Morgan fingerprint density at radius 1 is 1.20 bits per heavy atom. The molecular weight excluding hydrogens is 316 g/mol. The molecule has 2 aromatic rings. The van der Waals surface area contributed by atoms with Crippen LogP contribution in [-0.2, 0) is 4.74 Å². The molecule has 3 rings (SSSR count). The number of pyridine rings is 1. The Bertz CT molecular complexity index is 761. The van der Waals surface area contributed by atoms with Crippen molar-refractivity contribution in [1.82, 2.24) is 9.88 Å². The first-order chi connectivity index (χ1) is 12.1. The largest absolute Gasteiger partial charge is 0.464 e. The van der Waals surface area contributed by atoms with E-state index in [0.29, 0.717) is 30.5 Å². The van der Waals surface area contributed by atoms with E-state index in [1.165, 1.54) is 24.9 Å². The van der Waals surface area contributed by atoms with E-state index >= 15 is 0 Å². The van der Waals surface area contributed by atoms with Gasteiger partial charge in [-0.3, -0.25) is 4.79 Å². The van der Waals surface area contributed by atoms with Crippen LogP contribution in [0.3, 0.4) is 0 Å². The van der Waals surface area contributed by atoms with Crippen LogP contribution in [-0.4, -0.2) is 42.0 Å². The second-order valence-electron chi connectivity index (χ2n) is 6.46. The van der Waals surface area contributed by atoms with Gasteiger partial charge in [0.1, 0.15) is 5.69 Å². The Balaban J connectivity index is 1.72. The van der Waals surface area contributed by atoms with Crippen molar-refractivity contribution in [3.05, 3.63) is 65.5 Å². The summed E-state index contributed by atoms with van der Waals surface area (Å²) in [6.45, 7) is 3.59. The topological polar surface area (TPSA) is 59.5 Å². The van der Waals surface area contributed by atoms with Gasteiger partial charge in [0, 0.05) is 24.8 Å². The predicted octanol–water partition coefficient (Wildman–Crippen LogP) is 3.13. The van der Waals surface area contributed by atoms with E-state index in [1.54, 1.807) is 6.07 Å². The Labute approximate surface area is 147 Å². The molecule has 5 nitrogen and oxygen atoms in total. The minimum atomic E-state index is -0.536. The van der Waals surface area contributed by atoms with Gasteiger partial charge in [-0.25, -0.2) is 9.78 Å². The quantitative estimate of drug-likeness (QED) is 0.807. The number of hydrogen-bond donors (Lipinski definition) is 0. The third-order valence-corrected chi connectivity index (χ3v) is 4.82. The molecule has 1 saturated heterocycles. The van der Waals surface area contributed by atoms with Crippen LogP contribution in [0.4, 0.5) is 0 Å². The van der Waals surface area contributed by atoms with Crippen molar-refractivity contribution < 1.29 is 14.3 Å². The lowest BCUT2D eigenvalue weighted by Gasteiger charge is -2.37. The van der Waals surface area contributed by atoms with E-state index in [9.17, 15) is 9.59 Å². The van der Waals surface area contributed by atoms with E-state index in [-0.39, 0.29) is 11.6 Å². The lowest BCUT2D eigenvalue weighted by Crippen LogP contribution is -2.42. The number of amides is 1. The molecule has 1 aliphatic heterocycles. The van der Waals surface area contributed by atoms with Gasteiger partial charge in [0.25, 0.3) is 5.91 Å². The van der Waals surface area contributed by atoms with Crippen molar-refractivity contribution in [2.75, 3.05) is 20.2 Å². The summed E-state index contributed by atoms with van der Waals surface area (Å²) in [5, 5.41) is 0. The predicted molar refractivity (Wildman–Crippen MR) is 94.4 cm³/mol. The highest BCUT2D eigenvalue weighted by atomic mass is 16.5. The zero-order valence-electron chi connectivity index (χ0n) is 14.5. The zero-order chi connectivity index (χ0) is 17.8. The number of rotatable bonds is 3. The standard InChI is InChI=1S/C20H22N2O3/c1-14-13-22(11-9-17(14)15-6-4-3-5-7-15)19(23)16-8-10-21-18(12-16)20(24)25-2/h3-8,10,12,14,17H,9,11,13H2,1-2H3/t14-,17+/m0/s1. The van der Waals surface area contributed by atoms with Crippen LogP contribution in [0.25, 0.3) is 0 Å². The number of nitrogens with zero attached hydrogens (tertiary/aromatic N) is 2. The summed E-state index contributed by atoms with van der Waals surface area (Å²) < 4.78 is 4.67. The molecule has 2 atom stereocenters. The molecule has 0 bridgehead atoms. The van der Waals surface area contributed by atoms with Crippen molar-refractivity contribution in [3.8, 4) is 0 Å². The van der Waals surface area contributed by atoms with Gasteiger partial charge in [0.2, 0.25) is 0 Å². The summed E-state index contributed by atoms with van der Waals surface area (Å²) in [4.78, 5) is 30.2. The second kappa shape index (κ2) is 7.47. The fraction of sp³-hybridized carbons (Fsp3) is 0.350. The molecule has 1 amide bonds. The van der Waals surface area contributed by atoms with Gasteiger partial charge < -0.3 is 9.64 Å². The third kappa shape index (κ3) is 3.71. The normalized spacial score (nSPS) is 20.2. The number of esters is 1. The number of likely N-dealkylation sites (tertiary alicyclic amines) is 1. The number of carbonyl (C=O) groups excluding carboxylic acids is 2. The lowest BCUT2D eigenvalue weighted by atomic mass is 9.81.